The van der Waals surface area contributed by atoms with Gasteiger partial charge < -0.3 is 9.30 Å². The summed E-state index contributed by atoms with van der Waals surface area (Å²) in [6.07, 6.45) is 2.53. The van der Waals surface area contributed by atoms with Gasteiger partial charge in [-0.15, -0.1) is 0 Å². The Morgan fingerprint density at radius 2 is 2.35 bits per heavy atom. The molecule has 2 rings (SSSR count). The molecule has 0 radical (unpaired) electrons. The second-order valence-corrected chi connectivity index (χ2v) is 4.61. The van der Waals surface area contributed by atoms with Crippen LogP contribution in [0.15, 0.2) is 12.1 Å². The molecule has 4 nitrogen and oxygen atoms in total. The number of aromatic nitrogens is 1. The summed E-state index contributed by atoms with van der Waals surface area (Å²) >= 11 is 0. The summed E-state index contributed by atoms with van der Waals surface area (Å²) in [6.45, 7) is 4.46. The van der Waals surface area contributed by atoms with E-state index in [0.29, 0.717) is 11.6 Å². The topological polar surface area (TPSA) is 48.3 Å². The van der Waals surface area contributed by atoms with E-state index in [0.717, 1.165) is 24.8 Å². The Morgan fingerprint density at radius 1 is 1.59 bits per heavy atom. The van der Waals surface area contributed by atoms with Crippen LogP contribution >= 0.6 is 0 Å². The van der Waals surface area contributed by atoms with Crippen LogP contribution in [0.25, 0.3) is 0 Å². The van der Waals surface area contributed by atoms with E-state index in [1.54, 1.807) is 6.07 Å². The van der Waals surface area contributed by atoms with Gasteiger partial charge in [0.25, 0.3) is 0 Å². The molecule has 17 heavy (non-hydrogen) atoms. The summed E-state index contributed by atoms with van der Waals surface area (Å²) in [5.41, 5.74) is 1.46. The molecular weight excluding hydrogens is 218 g/mol. The lowest BCUT2D eigenvalue weighted by molar-refractivity contribution is -0.152. The third kappa shape index (κ3) is 2.12. The van der Waals surface area contributed by atoms with Crippen molar-refractivity contribution < 1.29 is 14.3 Å². The summed E-state index contributed by atoms with van der Waals surface area (Å²) in [5, 5.41) is 0. The van der Waals surface area contributed by atoms with Gasteiger partial charge in [0.1, 0.15) is 12.6 Å². The third-order valence-corrected chi connectivity index (χ3v) is 3.42. The highest BCUT2D eigenvalue weighted by atomic mass is 16.5. The number of rotatable bonds is 4. The lowest BCUT2D eigenvalue weighted by Gasteiger charge is -2.27. The Balaban J connectivity index is 2.34. The minimum Gasteiger partial charge on any atom is -0.458 e. The Kier molecular flexibility index (Phi) is 3.31. The number of fused-ring (bicyclic) bond motifs is 1. The molecule has 2 atom stereocenters. The molecule has 0 fully saturated rings. The number of carbonyl (C=O) groups excluding carboxylic acids is 2. The van der Waals surface area contributed by atoms with E-state index in [1.807, 2.05) is 10.6 Å². The van der Waals surface area contributed by atoms with Gasteiger partial charge in [-0.3, -0.25) is 4.79 Å². The van der Waals surface area contributed by atoms with Crippen LogP contribution in [-0.2, 0) is 16.1 Å². The van der Waals surface area contributed by atoms with Crippen molar-refractivity contribution in [1.29, 1.82) is 0 Å². The lowest BCUT2D eigenvalue weighted by atomic mass is 9.98. The van der Waals surface area contributed by atoms with Gasteiger partial charge in [-0.1, -0.05) is 20.3 Å². The Labute approximate surface area is 101 Å². The zero-order chi connectivity index (χ0) is 12.4. The van der Waals surface area contributed by atoms with Crippen molar-refractivity contribution in [2.45, 2.75) is 39.3 Å². The van der Waals surface area contributed by atoms with Gasteiger partial charge in [-0.25, -0.2) is 4.79 Å². The first-order valence-electron chi connectivity index (χ1n) is 5.99. The summed E-state index contributed by atoms with van der Waals surface area (Å²) in [4.78, 5) is 22.8. The number of ether oxygens (including phenoxy) is 1. The van der Waals surface area contributed by atoms with E-state index >= 15 is 0 Å². The predicted molar refractivity (Wildman–Crippen MR) is 62.7 cm³/mol. The number of nitrogens with zero attached hydrogens (tertiary/aromatic N) is 1. The summed E-state index contributed by atoms with van der Waals surface area (Å²) in [5.74, 6) is 0.206. The van der Waals surface area contributed by atoms with E-state index < -0.39 is 0 Å². The van der Waals surface area contributed by atoms with Gasteiger partial charge in [-0.05, 0) is 24.5 Å². The first-order valence-corrected chi connectivity index (χ1v) is 5.99. The van der Waals surface area contributed by atoms with E-state index in [9.17, 15) is 9.59 Å². The molecule has 2 heterocycles. The van der Waals surface area contributed by atoms with Gasteiger partial charge in [0.05, 0.1) is 11.4 Å². The molecule has 0 amide bonds. The van der Waals surface area contributed by atoms with Crippen molar-refractivity contribution in [3.05, 3.63) is 23.5 Å². The molecule has 0 spiro atoms. The fraction of sp³-hybridized carbons (Fsp3) is 0.538. The maximum atomic E-state index is 11.8. The van der Waals surface area contributed by atoms with Gasteiger partial charge in [0.2, 0.25) is 0 Å². The number of hydrogen-bond donors (Lipinski definition) is 0. The summed E-state index contributed by atoms with van der Waals surface area (Å²) < 4.78 is 6.97. The van der Waals surface area contributed by atoms with Gasteiger partial charge in [-0.2, -0.15) is 0 Å². The van der Waals surface area contributed by atoms with Crippen LogP contribution in [-0.4, -0.2) is 16.8 Å². The molecule has 4 heteroatoms. The predicted octanol–water partition coefficient (Wildman–Crippen LogP) is 2.33. The van der Waals surface area contributed by atoms with Crippen LogP contribution in [0, 0.1) is 5.92 Å². The first-order chi connectivity index (χ1) is 8.17. The third-order valence-electron chi connectivity index (χ3n) is 3.42. The van der Waals surface area contributed by atoms with Crippen molar-refractivity contribution in [3.63, 3.8) is 0 Å². The molecule has 0 aromatic carbocycles. The van der Waals surface area contributed by atoms with Gasteiger partial charge in [0.15, 0.2) is 6.29 Å². The van der Waals surface area contributed by atoms with Crippen LogP contribution in [0.1, 0.15) is 48.9 Å². The smallest absolute Gasteiger partial charge is 0.329 e. The Hall–Kier alpha value is -1.58. The van der Waals surface area contributed by atoms with Gasteiger partial charge >= 0.3 is 5.97 Å². The minimum atomic E-state index is -0.344. The average Bonchev–Trinajstić information content (AvgIpc) is 2.75. The highest BCUT2D eigenvalue weighted by Gasteiger charge is 2.31. The van der Waals surface area contributed by atoms with Crippen molar-refractivity contribution in [2.75, 3.05) is 0 Å². The Bertz CT molecular complexity index is 436. The number of esters is 1. The van der Waals surface area contributed by atoms with Gasteiger partial charge in [0, 0.05) is 0 Å². The molecule has 1 aromatic heterocycles. The molecule has 0 saturated carbocycles. The monoisotopic (exact) mass is 235 g/mol. The second-order valence-electron chi connectivity index (χ2n) is 4.61. The fourth-order valence-corrected chi connectivity index (χ4v) is 2.20. The molecular formula is C13H17NO3. The van der Waals surface area contributed by atoms with Crippen molar-refractivity contribution in [3.8, 4) is 0 Å². The molecule has 1 aliphatic rings. The zero-order valence-corrected chi connectivity index (χ0v) is 10.2. The second kappa shape index (κ2) is 4.73. The fourth-order valence-electron chi connectivity index (χ4n) is 2.20. The number of carbonyl (C=O) groups is 2. The highest BCUT2D eigenvalue weighted by molar-refractivity contribution is 5.79. The quantitative estimate of drug-likeness (QED) is 0.594. The first kappa shape index (κ1) is 11.9. The Morgan fingerprint density at radius 3 is 3.00 bits per heavy atom. The normalized spacial score (nSPS) is 20.6. The molecule has 0 N–H and O–H groups in total. The van der Waals surface area contributed by atoms with Crippen molar-refractivity contribution in [2.24, 2.45) is 5.92 Å². The average molecular weight is 235 g/mol. The van der Waals surface area contributed by atoms with Crippen LogP contribution in [0.3, 0.4) is 0 Å². The number of aldehydes is 1. The molecule has 1 aromatic rings. The van der Waals surface area contributed by atoms with E-state index in [4.69, 9.17) is 4.74 Å². The van der Waals surface area contributed by atoms with Crippen molar-refractivity contribution in [1.82, 2.24) is 4.57 Å². The standard InChI is InChI=1S/C13H17NO3/c1-3-9(2)6-12-13(16)17-8-11-5-4-10(7-15)14(11)12/h4-5,7,9,12H,3,6,8H2,1-2H3/t9?,12-/m0/s1. The maximum absolute atomic E-state index is 11.8. The summed E-state index contributed by atoms with van der Waals surface area (Å²) in [7, 11) is 0. The van der Waals surface area contributed by atoms with Crippen LogP contribution in [0.5, 0.6) is 0 Å². The molecule has 1 aliphatic heterocycles. The molecule has 0 saturated heterocycles. The number of hydrogen-bond acceptors (Lipinski definition) is 3. The molecule has 0 bridgehead atoms. The maximum Gasteiger partial charge on any atom is 0.329 e. The minimum absolute atomic E-state index is 0.225. The van der Waals surface area contributed by atoms with E-state index in [2.05, 4.69) is 13.8 Å². The number of cyclic esters (lactones) is 1. The lowest BCUT2D eigenvalue weighted by Crippen LogP contribution is -2.31. The molecule has 1 unspecified atom stereocenters. The van der Waals surface area contributed by atoms with E-state index in [1.165, 1.54) is 0 Å². The van der Waals surface area contributed by atoms with Crippen molar-refractivity contribution >= 4 is 12.3 Å². The van der Waals surface area contributed by atoms with Crippen LogP contribution in [0.4, 0.5) is 0 Å². The SMILES string of the molecule is CCC(C)C[C@H]1C(=O)OCc2ccc(C=O)n21. The van der Waals surface area contributed by atoms with E-state index in [-0.39, 0.29) is 18.6 Å². The summed E-state index contributed by atoms with van der Waals surface area (Å²) in [6, 6.07) is 3.25. The van der Waals surface area contributed by atoms with Crippen LogP contribution < -0.4 is 0 Å². The molecule has 0 aliphatic carbocycles. The zero-order valence-electron chi connectivity index (χ0n) is 10.2. The largest absolute Gasteiger partial charge is 0.458 e. The molecule has 92 valence electrons. The van der Waals surface area contributed by atoms with Crippen LogP contribution in [0.2, 0.25) is 0 Å². The highest BCUT2D eigenvalue weighted by Crippen LogP contribution is 2.29.